The lowest BCUT2D eigenvalue weighted by Gasteiger charge is -2.29. The molecule has 146 valence electrons. The van der Waals surface area contributed by atoms with Crippen molar-refractivity contribution in [2.75, 3.05) is 37.3 Å². The molecule has 0 saturated carbocycles. The second-order valence-electron chi connectivity index (χ2n) is 7.59. The first-order chi connectivity index (χ1) is 13.7. The van der Waals surface area contributed by atoms with E-state index in [1.807, 2.05) is 24.4 Å². The van der Waals surface area contributed by atoms with Crippen molar-refractivity contribution < 1.29 is 4.39 Å². The number of hydrogen-bond acceptors (Lipinski definition) is 5. The summed E-state index contributed by atoms with van der Waals surface area (Å²) in [7, 11) is 2.18. The van der Waals surface area contributed by atoms with Gasteiger partial charge in [-0.25, -0.2) is 9.37 Å². The van der Waals surface area contributed by atoms with E-state index in [0.29, 0.717) is 11.9 Å². The summed E-state index contributed by atoms with van der Waals surface area (Å²) in [5.41, 5.74) is 1.81. The van der Waals surface area contributed by atoms with Crippen molar-refractivity contribution in [2.45, 2.75) is 19.4 Å². The maximum atomic E-state index is 14.2. The number of likely N-dealkylation sites (tertiary alicyclic amines) is 1. The quantitative estimate of drug-likeness (QED) is 0.674. The van der Waals surface area contributed by atoms with E-state index in [4.69, 9.17) is 0 Å². The fourth-order valence-electron chi connectivity index (χ4n) is 3.61. The number of aromatic nitrogens is 2. The lowest BCUT2D eigenvalue weighted by atomic mass is 9.97. The minimum atomic E-state index is -0.264. The summed E-state index contributed by atoms with van der Waals surface area (Å²) in [6.07, 6.45) is 7.57. The van der Waals surface area contributed by atoms with Crippen LogP contribution in [0.2, 0.25) is 0 Å². The minimum Gasteiger partial charge on any atom is -0.381 e. The Morgan fingerprint density at radius 3 is 2.75 bits per heavy atom. The Bertz CT molecular complexity index is 920. The third-order valence-corrected chi connectivity index (χ3v) is 5.44. The van der Waals surface area contributed by atoms with Gasteiger partial charge in [-0.2, -0.15) is 0 Å². The molecule has 0 radical (unpaired) electrons. The van der Waals surface area contributed by atoms with Crippen molar-refractivity contribution in [3.63, 3.8) is 0 Å². The molecule has 5 nitrogen and oxygen atoms in total. The van der Waals surface area contributed by atoms with E-state index in [0.717, 1.165) is 34.9 Å². The summed E-state index contributed by atoms with van der Waals surface area (Å²) < 4.78 is 14.2. The van der Waals surface area contributed by atoms with Crippen molar-refractivity contribution >= 4 is 22.3 Å². The maximum Gasteiger partial charge on any atom is 0.134 e. The Labute approximate surface area is 165 Å². The zero-order valence-corrected chi connectivity index (χ0v) is 16.2. The van der Waals surface area contributed by atoms with Gasteiger partial charge in [0.15, 0.2) is 0 Å². The summed E-state index contributed by atoms with van der Waals surface area (Å²) in [6, 6.07) is 9.33. The lowest BCUT2D eigenvalue weighted by molar-refractivity contribution is 0.226. The summed E-state index contributed by atoms with van der Waals surface area (Å²) in [5, 5.41) is 8.10. The van der Waals surface area contributed by atoms with Crippen molar-refractivity contribution in [3.8, 4) is 0 Å². The largest absolute Gasteiger partial charge is 0.381 e. The standard InChI is InChI=1S/C22H26FN5/c1-28-8-5-16(6-9-28)12-26-22-3-2-17(14-27-22)13-25-19-10-18-4-7-24-15-20(18)21(23)11-19/h2-4,7,10-11,14-16,25H,5-6,8-9,12-13H2,1H3,(H,26,27). The van der Waals surface area contributed by atoms with Crippen molar-refractivity contribution in [3.05, 3.63) is 60.3 Å². The van der Waals surface area contributed by atoms with Gasteiger partial charge >= 0.3 is 0 Å². The summed E-state index contributed by atoms with van der Waals surface area (Å²) >= 11 is 0. The number of anilines is 2. The molecule has 1 aromatic carbocycles. The second-order valence-corrected chi connectivity index (χ2v) is 7.59. The molecule has 6 heteroatoms. The first-order valence-corrected chi connectivity index (χ1v) is 9.82. The predicted molar refractivity (Wildman–Crippen MR) is 112 cm³/mol. The normalized spacial score (nSPS) is 15.6. The number of piperidine rings is 1. The molecule has 1 fully saturated rings. The van der Waals surface area contributed by atoms with Gasteiger partial charge in [-0.1, -0.05) is 6.07 Å². The molecule has 2 aromatic heterocycles. The Morgan fingerprint density at radius 2 is 1.96 bits per heavy atom. The third kappa shape index (κ3) is 4.57. The van der Waals surface area contributed by atoms with Crippen molar-refractivity contribution in [1.82, 2.24) is 14.9 Å². The molecule has 1 saturated heterocycles. The van der Waals surface area contributed by atoms with E-state index in [2.05, 4.69) is 38.6 Å². The molecular weight excluding hydrogens is 353 g/mol. The topological polar surface area (TPSA) is 53.1 Å². The van der Waals surface area contributed by atoms with Crippen LogP contribution in [0, 0.1) is 11.7 Å². The molecule has 3 heterocycles. The van der Waals surface area contributed by atoms with Crippen LogP contribution in [0.3, 0.4) is 0 Å². The van der Waals surface area contributed by atoms with Gasteiger partial charge in [0.05, 0.1) is 0 Å². The van der Waals surface area contributed by atoms with Crippen molar-refractivity contribution in [2.24, 2.45) is 5.92 Å². The average Bonchev–Trinajstić information content (AvgIpc) is 2.73. The molecule has 0 spiro atoms. The Balaban J connectivity index is 1.31. The SMILES string of the molecule is CN1CCC(CNc2ccc(CNc3cc(F)c4cnccc4c3)cn2)CC1. The highest BCUT2D eigenvalue weighted by atomic mass is 19.1. The smallest absolute Gasteiger partial charge is 0.134 e. The molecule has 1 aliphatic rings. The fourth-order valence-corrected chi connectivity index (χ4v) is 3.61. The van der Waals surface area contributed by atoms with E-state index in [1.54, 1.807) is 12.4 Å². The fraction of sp³-hybridized carbons (Fsp3) is 0.364. The second kappa shape index (κ2) is 8.52. The van der Waals surface area contributed by atoms with Crippen LogP contribution in [-0.4, -0.2) is 41.5 Å². The Kier molecular flexibility index (Phi) is 5.67. The number of hydrogen-bond donors (Lipinski definition) is 2. The molecule has 0 unspecified atom stereocenters. The minimum absolute atomic E-state index is 0.264. The number of pyridine rings is 2. The summed E-state index contributed by atoms with van der Waals surface area (Å²) in [4.78, 5) is 10.9. The monoisotopic (exact) mass is 379 g/mol. The molecular formula is C22H26FN5. The number of halogens is 1. The van der Waals surface area contributed by atoms with Gasteiger partial charge in [-0.05, 0) is 74.1 Å². The van der Waals surface area contributed by atoms with E-state index in [9.17, 15) is 4.39 Å². The summed E-state index contributed by atoms with van der Waals surface area (Å²) in [5.74, 6) is 1.36. The zero-order valence-electron chi connectivity index (χ0n) is 16.2. The van der Waals surface area contributed by atoms with Crippen LogP contribution in [0.15, 0.2) is 48.9 Å². The number of nitrogens with zero attached hydrogens (tertiary/aromatic N) is 3. The van der Waals surface area contributed by atoms with Gasteiger partial charge in [-0.15, -0.1) is 0 Å². The molecule has 4 rings (SSSR count). The number of fused-ring (bicyclic) bond motifs is 1. The Morgan fingerprint density at radius 1 is 1.11 bits per heavy atom. The molecule has 1 aliphatic heterocycles. The van der Waals surface area contributed by atoms with Gasteiger partial charge in [0.25, 0.3) is 0 Å². The average molecular weight is 379 g/mol. The number of nitrogens with one attached hydrogen (secondary N) is 2. The summed E-state index contributed by atoms with van der Waals surface area (Å²) in [6.45, 7) is 3.93. The number of rotatable bonds is 6. The zero-order chi connectivity index (χ0) is 19.3. The van der Waals surface area contributed by atoms with Crippen LogP contribution < -0.4 is 10.6 Å². The molecule has 0 amide bonds. The maximum absolute atomic E-state index is 14.2. The predicted octanol–water partition coefficient (Wildman–Crippen LogP) is 4.13. The first kappa shape index (κ1) is 18.6. The van der Waals surface area contributed by atoms with E-state index in [1.165, 1.54) is 32.0 Å². The molecule has 0 atom stereocenters. The van der Waals surface area contributed by atoms with E-state index < -0.39 is 0 Å². The molecule has 0 aliphatic carbocycles. The highest BCUT2D eigenvalue weighted by molar-refractivity contribution is 5.85. The van der Waals surface area contributed by atoms with Gasteiger partial charge in [0.2, 0.25) is 0 Å². The van der Waals surface area contributed by atoms with E-state index in [-0.39, 0.29) is 5.82 Å². The van der Waals surface area contributed by atoms with E-state index >= 15 is 0 Å². The van der Waals surface area contributed by atoms with Crippen LogP contribution >= 0.6 is 0 Å². The molecule has 2 N–H and O–H groups in total. The van der Waals surface area contributed by atoms with Crippen LogP contribution in [0.25, 0.3) is 10.8 Å². The van der Waals surface area contributed by atoms with Gasteiger partial charge < -0.3 is 15.5 Å². The molecule has 0 bridgehead atoms. The highest BCUT2D eigenvalue weighted by Crippen LogP contribution is 2.22. The Hall–Kier alpha value is -2.73. The molecule has 3 aromatic rings. The third-order valence-electron chi connectivity index (χ3n) is 5.44. The highest BCUT2D eigenvalue weighted by Gasteiger charge is 2.16. The molecule has 28 heavy (non-hydrogen) atoms. The van der Waals surface area contributed by atoms with Crippen LogP contribution in [0.5, 0.6) is 0 Å². The van der Waals surface area contributed by atoms with Crippen LogP contribution in [-0.2, 0) is 6.54 Å². The van der Waals surface area contributed by atoms with Crippen LogP contribution in [0.4, 0.5) is 15.9 Å². The van der Waals surface area contributed by atoms with Crippen molar-refractivity contribution in [1.29, 1.82) is 0 Å². The van der Waals surface area contributed by atoms with Gasteiger partial charge in [0.1, 0.15) is 11.6 Å². The first-order valence-electron chi connectivity index (χ1n) is 9.82. The lowest BCUT2D eigenvalue weighted by Crippen LogP contribution is -2.33. The number of benzene rings is 1. The van der Waals surface area contributed by atoms with Gasteiger partial charge in [0, 0.05) is 42.8 Å². The van der Waals surface area contributed by atoms with Gasteiger partial charge in [-0.3, -0.25) is 4.98 Å². The van der Waals surface area contributed by atoms with Crippen LogP contribution in [0.1, 0.15) is 18.4 Å².